The molecule has 0 bridgehead atoms. The van der Waals surface area contributed by atoms with Crippen LogP contribution in [-0.4, -0.2) is 92.9 Å². The summed E-state index contributed by atoms with van der Waals surface area (Å²) in [5.74, 6) is -6.56. The summed E-state index contributed by atoms with van der Waals surface area (Å²) in [5.41, 5.74) is 5.75. The van der Waals surface area contributed by atoms with Gasteiger partial charge in [0.2, 0.25) is 17.7 Å². The van der Waals surface area contributed by atoms with Crippen molar-refractivity contribution in [2.75, 3.05) is 17.8 Å². The Labute approximate surface area is 193 Å². The predicted molar refractivity (Wildman–Crippen MR) is 117 cm³/mol. The number of thiol groups is 1. The number of carbonyl (C=O) groups excluding carboxylic acids is 3. The number of nitrogens with one attached hydrogen (secondary N) is 3. The molecule has 0 aliphatic carbocycles. The summed E-state index contributed by atoms with van der Waals surface area (Å²) >= 11 is 5.39. The Morgan fingerprint density at radius 2 is 1.38 bits per heavy atom. The Morgan fingerprint density at radius 1 is 0.844 bits per heavy atom. The number of carbonyl (C=O) groups is 6. The molecule has 0 saturated heterocycles. The molecule has 0 rings (SSSR count). The lowest BCUT2D eigenvalue weighted by molar-refractivity contribution is -0.147. The van der Waals surface area contributed by atoms with Gasteiger partial charge in [0.1, 0.15) is 18.1 Å². The third-order valence-corrected chi connectivity index (χ3v) is 5.07. The lowest BCUT2D eigenvalue weighted by Gasteiger charge is -2.24. The molecule has 0 aliphatic rings. The van der Waals surface area contributed by atoms with Crippen molar-refractivity contribution in [2.24, 2.45) is 5.73 Å². The maximum absolute atomic E-state index is 12.6. The van der Waals surface area contributed by atoms with Crippen LogP contribution in [0, 0.1) is 0 Å². The van der Waals surface area contributed by atoms with Crippen LogP contribution in [0.4, 0.5) is 0 Å². The van der Waals surface area contributed by atoms with Gasteiger partial charge in [0.25, 0.3) is 0 Å². The van der Waals surface area contributed by atoms with Crippen molar-refractivity contribution in [2.45, 2.75) is 49.9 Å². The molecule has 4 unspecified atom stereocenters. The number of hydrogen-bond acceptors (Lipinski definition) is 9. The molecular weight excluding hydrogens is 468 g/mol. The van der Waals surface area contributed by atoms with E-state index in [-0.39, 0.29) is 12.2 Å². The minimum Gasteiger partial charge on any atom is -0.481 e. The van der Waals surface area contributed by atoms with Gasteiger partial charge in [-0.2, -0.15) is 24.4 Å². The number of carboxylic acids is 3. The van der Waals surface area contributed by atoms with Gasteiger partial charge in [-0.3, -0.25) is 24.0 Å². The third-order valence-electron chi connectivity index (χ3n) is 4.06. The van der Waals surface area contributed by atoms with Crippen LogP contribution in [0.2, 0.25) is 0 Å². The molecule has 0 spiro atoms. The molecule has 4 atom stereocenters. The van der Waals surface area contributed by atoms with Gasteiger partial charge in [-0.15, -0.1) is 0 Å². The summed E-state index contributed by atoms with van der Waals surface area (Å²) in [6.45, 7) is 0. The first-order chi connectivity index (χ1) is 14.9. The second-order valence-corrected chi connectivity index (χ2v) is 7.97. The Kier molecular flexibility index (Phi) is 14.1. The maximum Gasteiger partial charge on any atom is 0.326 e. The molecule has 0 heterocycles. The zero-order valence-electron chi connectivity index (χ0n) is 17.3. The number of aliphatic carboxylic acids is 3. The van der Waals surface area contributed by atoms with E-state index < -0.39 is 72.6 Å². The normalized spacial score (nSPS) is 14.3. The fraction of sp³-hybridized carbons (Fsp3) is 0.647. The van der Waals surface area contributed by atoms with Crippen LogP contribution >= 0.6 is 24.4 Å². The molecular formula is C17H28N4O9S2. The van der Waals surface area contributed by atoms with Crippen LogP contribution in [-0.2, 0) is 28.8 Å². The lowest BCUT2D eigenvalue weighted by Crippen LogP contribution is -2.57. The van der Waals surface area contributed by atoms with Gasteiger partial charge in [0, 0.05) is 12.2 Å². The van der Waals surface area contributed by atoms with Gasteiger partial charge in [-0.1, -0.05) is 0 Å². The first kappa shape index (κ1) is 29.5. The molecule has 0 aliphatic heterocycles. The van der Waals surface area contributed by atoms with Crippen LogP contribution in [0.25, 0.3) is 0 Å². The largest absolute Gasteiger partial charge is 0.481 e. The van der Waals surface area contributed by atoms with Gasteiger partial charge in [0.05, 0.1) is 12.5 Å². The fourth-order valence-electron chi connectivity index (χ4n) is 2.30. The second kappa shape index (κ2) is 15.3. The minimum absolute atomic E-state index is 0.288. The van der Waals surface area contributed by atoms with Crippen molar-refractivity contribution in [3.8, 4) is 0 Å². The zero-order valence-corrected chi connectivity index (χ0v) is 19.0. The van der Waals surface area contributed by atoms with Gasteiger partial charge in [0.15, 0.2) is 0 Å². The number of nitrogens with two attached hydrogens (primary N) is 1. The van der Waals surface area contributed by atoms with Gasteiger partial charge < -0.3 is 37.0 Å². The topological polar surface area (TPSA) is 225 Å². The zero-order chi connectivity index (χ0) is 24.8. The third kappa shape index (κ3) is 11.8. The van der Waals surface area contributed by atoms with Crippen LogP contribution in [0.15, 0.2) is 0 Å². The van der Waals surface area contributed by atoms with Crippen molar-refractivity contribution in [3.05, 3.63) is 0 Å². The molecule has 13 nitrogen and oxygen atoms in total. The van der Waals surface area contributed by atoms with Gasteiger partial charge >= 0.3 is 17.9 Å². The number of amides is 3. The Balaban J connectivity index is 5.27. The minimum atomic E-state index is -1.74. The van der Waals surface area contributed by atoms with Crippen LogP contribution in [0.5, 0.6) is 0 Å². The van der Waals surface area contributed by atoms with E-state index in [1.54, 1.807) is 0 Å². The summed E-state index contributed by atoms with van der Waals surface area (Å²) < 4.78 is 0. The molecule has 32 heavy (non-hydrogen) atoms. The van der Waals surface area contributed by atoms with E-state index in [2.05, 4.69) is 23.3 Å². The standard InChI is InChI=1S/C17H28N4O9S2/c1-32-5-4-8(18)14(26)19-9(2-3-12(22)23)15(27)21-11(7-31)16(28)20-10(17(29)30)6-13(24)25/h8-11,31H,2-7,18H2,1H3,(H,19,26)(H,20,28)(H,21,27)(H,22,23)(H,24,25)(H,29,30). The molecule has 0 aromatic carbocycles. The highest BCUT2D eigenvalue weighted by atomic mass is 32.2. The summed E-state index contributed by atoms with van der Waals surface area (Å²) in [6, 6.07) is -5.38. The molecule has 0 radical (unpaired) electrons. The monoisotopic (exact) mass is 496 g/mol. The molecule has 8 N–H and O–H groups in total. The van der Waals surface area contributed by atoms with Crippen LogP contribution < -0.4 is 21.7 Å². The van der Waals surface area contributed by atoms with Crippen molar-refractivity contribution in [1.29, 1.82) is 0 Å². The Bertz CT molecular complexity index is 708. The van der Waals surface area contributed by atoms with Gasteiger partial charge in [-0.25, -0.2) is 4.79 Å². The molecule has 0 aromatic rings. The van der Waals surface area contributed by atoms with Crippen molar-refractivity contribution in [3.63, 3.8) is 0 Å². The smallest absolute Gasteiger partial charge is 0.326 e. The van der Waals surface area contributed by atoms with E-state index in [4.69, 9.17) is 21.1 Å². The SMILES string of the molecule is CSCCC(N)C(=O)NC(CCC(=O)O)C(=O)NC(CS)C(=O)NC(CC(=O)O)C(=O)O. The first-order valence-corrected chi connectivity index (χ1v) is 11.4. The Hall–Kier alpha value is -2.52. The average Bonchev–Trinajstić information content (AvgIpc) is 2.71. The summed E-state index contributed by atoms with van der Waals surface area (Å²) in [6.07, 6.45) is 0.499. The fourth-order valence-corrected chi connectivity index (χ4v) is 3.05. The highest BCUT2D eigenvalue weighted by molar-refractivity contribution is 7.98. The summed E-state index contributed by atoms with van der Waals surface area (Å²) in [4.78, 5) is 69.9. The van der Waals surface area contributed by atoms with Crippen molar-refractivity contribution >= 4 is 60.0 Å². The van der Waals surface area contributed by atoms with Gasteiger partial charge in [-0.05, 0) is 24.9 Å². The number of rotatable bonds is 16. The highest BCUT2D eigenvalue weighted by Crippen LogP contribution is 2.04. The van der Waals surface area contributed by atoms with E-state index in [0.717, 1.165) is 0 Å². The van der Waals surface area contributed by atoms with E-state index in [1.165, 1.54) is 11.8 Å². The first-order valence-electron chi connectivity index (χ1n) is 9.35. The molecule has 0 saturated carbocycles. The molecule has 3 amide bonds. The van der Waals surface area contributed by atoms with Crippen molar-refractivity contribution < 1.29 is 44.1 Å². The molecule has 15 heteroatoms. The quantitative estimate of drug-likeness (QED) is 0.108. The Morgan fingerprint density at radius 3 is 1.84 bits per heavy atom. The molecule has 182 valence electrons. The van der Waals surface area contributed by atoms with E-state index in [1.807, 2.05) is 11.6 Å². The highest BCUT2D eigenvalue weighted by Gasteiger charge is 2.30. The number of thioether (sulfide) groups is 1. The maximum atomic E-state index is 12.6. The van der Waals surface area contributed by atoms with Crippen LogP contribution in [0.1, 0.15) is 25.7 Å². The average molecular weight is 497 g/mol. The van der Waals surface area contributed by atoms with E-state index in [0.29, 0.717) is 12.2 Å². The lowest BCUT2D eigenvalue weighted by atomic mass is 10.1. The van der Waals surface area contributed by atoms with Crippen molar-refractivity contribution in [1.82, 2.24) is 16.0 Å². The van der Waals surface area contributed by atoms with Crippen LogP contribution in [0.3, 0.4) is 0 Å². The van der Waals surface area contributed by atoms with E-state index in [9.17, 15) is 28.8 Å². The summed E-state index contributed by atoms with van der Waals surface area (Å²) in [5, 5.41) is 33.3. The molecule has 0 aromatic heterocycles. The van der Waals surface area contributed by atoms with E-state index >= 15 is 0 Å². The summed E-state index contributed by atoms with van der Waals surface area (Å²) in [7, 11) is 0. The predicted octanol–water partition coefficient (Wildman–Crippen LogP) is -2.12. The molecule has 0 fully saturated rings. The second-order valence-electron chi connectivity index (χ2n) is 6.62. The number of hydrogen-bond donors (Lipinski definition) is 8. The number of carboxylic acid groups (broad SMARTS) is 3.